The van der Waals surface area contributed by atoms with Crippen molar-refractivity contribution < 1.29 is 8.94 Å². The minimum atomic E-state index is 0.208. The van der Waals surface area contributed by atoms with E-state index in [0.717, 1.165) is 30.4 Å². The second kappa shape index (κ2) is 4.45. The molecule has 102 valence electrons. The quantitative estimate of drug-likeness (QED) is 0.773. The smallest absolute Gasteiger partial charge is 0.293 e. The molecule has 0 spiro atoms. The lowest BCUT2D eigenvalue weighted by Gasteiger charge is -2.01. The maximum atomic E-state index is 5.77. The summed E-state index contributed by atoms with van der Waals surface area (Å²) in [5.41, 5.74) is 2.04. The number of hydrogen-bond donors (Lipinski definition) is 1. The SMILES string of the molecule is Cc1ccc2oc(-c3nc(C4CCCN4)no3)cc2c1. The van der Waals surface area contributed by atoms with Crippen molar-refractivity contribution in [1.29, 1.82) is 0 Å². The molecule has 1 aliphatic rings. The number of nitrogens with zero attached hydrogens (tertiary/aromatic N) is 2. The molecule has 4 rings (SSSR count). The zero-order valence-electron chi connectivity index (χ0n) is 11.2. The van der Waals surface area contributed by atoms with Gasteiger partial charge >= 0.3 is 0 Å². The molecule has 1 atom stereocenters. The molecule has 0 radical (unpaired) electrons. The largest absolute Gasteiger partial charge is 0.451 e. The Kier molecular flexibility index (Phi) is 2.60. The van der Waals surface area contributed by atoms with Gasteiger partial charge in [-0.25, -0.2) is 0 Å². The summed E-state index contributed by atoms with van der Waals surface area (Å²) < 4.78 is 11.1. The highest BCUT2D eigenvalue weighted by Crippen LogP contribution is 2.29. The molecule has 0 saturated carbocycles. The highest BCUT2D eigenvalue weighted by molar-refractivity contribution is 5.82. The summed E-state index contributed by atoms with van der Waals surface area (Å²) in [6, 6.07) is 8.22. The summed E-state index contributed by atoms with van der Waals surface area (Å²) in [4.78, 5) is 4.45. The lowest BCUT2D eigenvalue weighted by Crippen LogP contribution is -2.14. The number of benzene rings is 1. The van der Waals surface area contributed by atoms with Crippen LogP contribution in [0.15, 0.2) is 33.2 Å². The maximum absolute atomic E-state index is 5.77. The summed E-state index contributed by atoms with van der Waals surface area (Å²) in [5.74, 6) is 1.79. The molecule has 0 aliphatic carbocycles. The highest BCUT2D eigenvalue weighted by atomic mass is 16.5. The average Bonchev–Trinajstić information content (AvgIpc) is 3.17. The van der Waals surface area contributed by atoms with Gasteiger partial charge in [-0.3, -0.25) is 0 Å². The van der Waals surface area contributed by atoms with E-state index >= 15 is 0 Å². The molecule has 1 aliphatic heterocycles. The molecule has 1 saturated heterocycles. The van der Waals surface area contributed by atoms with E-state index in [1.54, 1.807) is 0 Å². The van der Waals surface area contributed by atoms with Crippen molar-refractivity contribution >= 4 is 11.0 Å². The van der Waals surface area contributed by atoms with Crippen LogP contribution >= 0.6 is 0 Å². The number of aryl methyl sites for hydroxylation is 1. The van der Waals surface area contributed by atoms with E-state index in [1.165, 1.54) is 5.56 Å². The Morgan fingerprint density at radius 1 is 1.30 bits per heavy atom. The van der Waals surface area contributed by atoms with Crippen LogP contribution in [-0.2, 0) is 0 Å². The van der Waals surface area contributed by atoms with E-state index in [-0.39, 0.29) is 6.04 Å². The van der Waals surface area contributed by atoms with E-state index in [1.807, 2.05) is 18.2 Å². The van der Waals surface area contributed by atoms with Crippen LogP contribution in [0.2, 0.25) is 0 Å². The summed E-state index contributed by atoms with van der Waals surface area (Å²) in [7, 11) is 0. The van der Waals surface area contributed by atoms with Gasteiger partial charge in [0.15, 0.2) is 11.6 Å². The second-order valence-electron chi connectivity index (χ2n) is 5.26. The summed E-state index contributed by atoms with van der Waals surface area (Å²) in [6.45, 7) is 3.07. The van der Waals surface area contributed by atoms with Crippen LogP contribution in [0, 0.1) is 6.92 Å². The van der Waals surface area contributed by atoms with Gasteiger partial charge in [-0.05, 0) is 44.5 Å². The number of hydrogen-bond acceptors (Lipinski definition) is 5. The zero-order chi connectivity index (χ0) is 13.5. The van der Waals surface area contributed by atoms with Gasteiger partial charge in [0.25, 0.3) is 5.89 Å². The molecule has 3 heterocycles. The van der Waals surface area contributed by atoms with E-state index in [0.29, 0.717) is 17.5 Å². The molecule has 5 heteroatoms. The molecular formula is C15H15N3O2. The molecule has 1 N–H and O–H groups in total. The van der Waals surface area contributed by atoms with Gasteiger partial charge in [0.2, 0.25) is 0 Å². The fourth-order valence-corrected chi connectivity index (χ4v) is 2.65. The summed E-state index contributed by atoms with van der Waals surface area (Å²) >= 11 is 0. The third kappa shape index (κ3) is 1.91. The van der Waals surface area contributed by atoms with Crippen molar-refractivity contribution in [3.63, 3.8) is 0 Å². The monoisotopic (exact) mass is 269 g/mol. The second-order valence-corrected chi connectivity index (χ2v) is 5.26. The van der Waals surface area contributed by atoms with Crippen molar-refractivity contribution in [2.24, 2.45) is 0 Å². The zero-order valence-corrected chi connectivity index (χ0v) is 11.2. The van der Waals surface area contributed by atoms with Gasteiger partial charge in [0, 0.05) is 5.39 Å². The first-order valence-corrected chi connectivity index (χ1v) is 6.87. The minimum Gasteiger partial charge on any atom is -0.451 e. The fourth-order valence-electron chi connectivity index (χ4n) is 2.65. The topological polar surface area (TPSA) is 64.1 Å². The average molecular weight is 269 g/mol. The predicted octanol–water partition coefficient (Wildman–Crippen LogP) is 3.22. The van der Waals surface area contributed by atoms with Crippen molar-refractivity contribution in [3.8, 4) is 11.7 Å². The van der Waals surface area contributed by atoms with Crippen LogP contribution in [0.3, 0.4) is 0 Å². The Morgan fingerprint density at radius 3 is 3.10 bits per heavy atom. The lowest BCUT2D eigenvalue weighted by atomic mass is 10.2. The third-order valence-corrected chi connectivity index (χ3v) is 3.70. The van der Waals surface area contributed by atoms with Crippen molar-refractivity contribution in [2.45, 2.75) is 25.8 Å². The van der Waals surface area contributed by atoms with Crippen LogP contribution < -0.4 is 5.32 Å². The Hall–Kier alpha value is -2.14. The Bertz CT molecular complexity index is 753. The molecule has 2 aromatic heterocycles. The standard InChI is InChI=1S/C15H15N3O2/c1-9-4-5-12-10(7-9)8-13(19-12)15-17-14(18-20-15)11-3-2-6-16-11/h4-5,7-8,11,16H,2-3,6H2,1H3. The highest BCUT2D eigenvalue weighted by Gasteiger charge is 2.23. The Morgan fingerprint density at radius 2 is 2.25 bits per heavy atom. The van der Waals surface area contributed by atoms with Gasteiger partial charge in [-0.2, -0.15) is 4.98 Å². The van der Waals surface area contributed by atoms with E-state index < -0.39 is 0 Å². The van der Waals surface area contributed by atoms with E-state index in [2.05, 4.69) is 28.4 Å². The molecule has 5 nitrogen and oxygen atoms in total. The Balaban J connectivity index is 1.71. The van der Waals surface area contributed by atoms with Crippen molar-refractivity contribution in [2.75, 3.05) is 6.54 Å². The molecule has 1 fully saturated rings. The van der Waals surface area contributed by atoms with Gasteiger partial charge < -0.3 is 14.3 Å². The van der Waals surface area contributed by atoms with Crippen molar-refractivity contribution in [1.82, 2.24) is 15.5 Å². The molecule has 0 amide bonds. The molecule has 0 bridgehead atoms. The molecule has 3 aromatic rings. The van der Waals surface area contributed by atoms with Gasteiger partial charge in [0.05, 0.1) is 6.04 Å². The third-order valence-electron chi connectivity index (χ3n) is 3.70. The van der Waals surface area contributed by atoms with Crippen LogP contribution in [-0.4, -0.2) is 16.7 Å². The summed E-state index contributed by atoms with van der Waals surface area (Å²) in [6.07, 6.45) is 2.21. The predicted molar refractivity (Wildman–Crippen MR) is 74.2 cm³/mol. The van der Waals surface area contributed by atoms with Gasteiger partial charge in [-0.15, -0.1) is 0 Å². The van der Waals surface area contributed by atoms with Crippen LogP contribution in [0.5, 0.6) is 0 Å². The van der Waals surface area contributed by atoms with Gasteiger partial charge in [0.1, 0.15) is 5.58 Å². The number of rotatable bonds is 2. The molecule has 1 unspecified atom stereocenters. The number of furan rings is 1. The fraction of sp³-hybridized carbons (Fsp3) is 0.333. The minimum absolute atomic E-state index is 0.208. The normalized spacial score (nSPS) is 18.9. The van der Waals surface area contributed by atoms with E-state index in [9.17, 15) is 0 Å². The van der Waals surface area contributed by atoms with Crippen LogP contribution in [0.1, 0.15) is 30.3 Å². The van der Waals surface area contributed by atoms with Crippen LogP contribution in [0.25, 0.3) is 22.6 Å². The van der Waals surface area contributed by atoms with E-state index in [4.69, 9.17) is 8.94 Å². The number of aromatic nitrogens is 2. The lowest BCUT2D eigenvalue weighted by molar-refractivity contribution is 0.403. The number of fused-ring (bicyclic) bond motifs is 1. The maximum Gasteiger partial charge on any atom is 0.293 e. The first-order chi connectivity index (χ1) is 9.79. The molecule has 20 heavy (non-hydrogen) atoms. The molecule has 1 aromatic carbocycles. The Labute approximate surface area is 116 Å². The van der Waals surface area contributed by atoms with Crippen molar-refractivity contribution in [3.05, 3.63) is 35.7 Å². The molecular weight excluding hydrogens is 254 g/mol. The van der Waals surface area contributed by atoms with Crippen LogP contribution in [0.4, 0.5) is 0 Å². The van der Waals surface area contributed by atoms with Gasteiger partial charge in [-0.1, -0.05) is 16.8 Å². The first-order valence-electron chi connectivity index (χ1n) is 6.87. The number of nitrogens with one attached hydrogen (secondary N) is 1. The summed E-state index contributed by atoms with van der Waals surface area (Å²) in [5, 5.41) is 8.46. The first kappa shape index (κ1) is 11.7.